The molecule has 0 saturated carbocycles. The lowest BCUT2D eigenvalue weighted by Crippen LogP contribution is -2.28. The topological polar surface area (TPSA) is 92.7 Å². The molecule has 0 radical (unpaired) electrons. The maximum atomic E-state index is 12.8. The van der Waals surface area contributed by atoms with E-state index in [-0.39, 0.29) is 32.3 Å². The molecule has 0 aromatic heterocycles. The van der Waals surface area contributed by atoms with Crippen LogP contribution in [0.2, 0.25) is 0 Å². The zero-order valence-corrected chi connectivity index (χ0v) is 14.5. The first-order chi connectivity index (χ1) is 12.0. The molecule has 0 saturated heterocycles. The molecule has 1 amide bonds. The quantitative estimate of drug-likeness (QED) is 0.704. The number of hydrogen-bond donors (Lipinski definition) is 1. The van der Waals surface area contributed by atoms with Crippen molar-refractivity contribution in [2.45, 2.75) is 9.79 Å². The molecule has 0 aliphatic carbocycles. The maximum absolute atomic E-state index is 12.8. The molecule has 0 bridgehead atoms. The number of hydrogen-bond acceptors (Lipinski definition) is 6. The summed E-state index contributed by atoms with van der Waals surface area (Å²) < 4.78 is 25.7. The number of sulfone groups is 1. The number of rotatable bonds is 1. The number of amides is 1. The Bertz CT molecular complexity index is 1060. The van der Waals surface area contributed by atoms with E-state index in [0.29, 0.717) is 11.7 Å². The molecule has 2 aromatic rings. The number of fused-ring (bicyclic) bond motifs is 2. The van der Waals surface area contributed by atoms with Gasteiger partial charge >= 0.3 is 0 Å². The second-order valence-electron chi connectivity index (χ2n) is 5.53. The lowest BCUT2D eigenvalue weighted by molar-refractivity contribution is 0.0975. The van der Waals surface area contributed by atoms with Crippen LogP contribution < -0.4 is 5.32 Å². The van der Waals surface area contributed by atoms with E-state index in [2.05, 4.69) is 10.3 Å². The standard InChI is InChI=1S/C17H12N2O4S2/c20-15-11-3-1-2-4-13(11)25(22,23)14-9-10(5-6-12(14)15)16(21)19-17-18-7-8-24-17/h1-6,9H,7-8H2,(H,18,19,21). The number of thioether (sulfide) groups is 1. The number of ketones is 1. The Morgan fingerprint density at radius 2 is 1.84 bits per heavy atom. The number of nitrogens with zero attached hydrogens (tertiary/aromatic N) is 1. The Balaban J connectivity index is 1.79. The van der Waals surface area contributed by atoms with Crippen LogP contribution in [-0.4, -0.2) is 37.6 Å². The van der Waals surface area contributed by atoms with E-state index < -0.39 is 15.7 Å². The normalized spacial score (nSPS) is 17.4. The molecule has 0 atom stereocenters. The van der Waals surface area contributed by atoms with E-state index in [1.807, 2.05) is 0 Å². The molecule has 1 N–H and O–H groups in total. The van der Waals surface area contributed by atoms with Gasteiger partial charge in [0.2, 0.25) is 9.84 Å². The van der Waals surface area contributed by atoms with Gasteiger partial charge in [0.15, 0.2) is 11.0 Å². The van der Waals surface area contributed by atoms with Gasteiger partial charge in [-0.3, -0.25) is 14.6 Å². The summed E-state index contributed by atoms with van der Waals surface area (Å²) in [6.07, 6.45) is 0. The van der Waals surface area contributed by atoms with Crippen LogP contribution in [0.1, 0.15) is 26.3 Å². The largest absolute Gasteiger partial charge is 0.301 e. The van der Waals surface area contributed by atoms with Crippen LogP contribution in [-0.2, 0) is 9.84 Å². The van der Waals surface area contributed by atoms with Crippen LogP contribution in [0, 0.1) is 0 Å². The summed E-state index contributed by atoms with van der Waals surface area (Å²) in [6.45, 7) is 0.643. The van der Waals surface area contributed by atoms with Crippen LogP contribution in [0.25, 0.3) is 0 Å². The zero-order chi connectivity index (χ0) is 17.6. The summed E-state index contributed by atoms with van der Waals surface area (Å²) in [4.78, 5) is 28.9. The third kappa shape index (κ3) is 2.58. The molecular weight excluding hydrogens is 360 g/mol. The molecule has 6 nitrogen and oxygen atoms in total. The number of nitrogens with one attached hydrogen (secondary N) is 1. The molecule has 0 unspecified atom stereocenters. The highest BCUT2D eigenvalue weighted by molar-refractivity contribution is 8.14. The molecule has 4 rings (SSSR count). The van der Waals surface area contributed by atoms with Gasteiger partial charge in [-0.25, -0.2) is 8.42 Å². The third-order valence-electron chi connectivity index (χ3n) is 4.01. The van der Waals surface area contributed by atoms with Crippen molar-refractivity contribution in [3.8, 4) is 0 Å². The van der Waals surface area contributed by atoms with Crippen molar-refractivity contribution in [1.29, 1.82) is 0 Å². The summed E-state index contributed by atoms with van der Waals surface area (Å²) in [6, 6.07) is 10.2. The second-order valence-corrected chi connectivity index (χ2v) is 8.50. The molecule has 0 spiro atoms. The number of benzene rings is 2. The Kier molecular flexibility index (Phi) is 3.73. The van der Waals surface area contributed by atoms with Crippen LogP contribution >= 0.6 is 11.8 Å². The molecule has 0 fully saturated rings. The van der Waals surface area contributed by atoms with Crippen molar-refractivity contribution in [3.05, 3.63) is 59.2 Å². The van der Waals surface area contributed by atoms with Gasteiger partial charge in [-0.05, 0) is 30.3 Å². The van der Waals surface area contributed by atoms with E-state index in [4.69, 9.17) is 0 Å². The minimum absolute atomic E-state index is 0.0271. The predicted molar refractivity (Wildman–Crippen MR) is 94.0 cm³/mol. The Morgan fingerprint density at radius 1 is 1.08 bits per heavy atom. The minimum atomic E-state index is -3.85. The van der Waals surface area contributed by atoms with Gasteiger partial charge in [-0.1, -0.05) is 23.9 Å². The molecule has 2 aliphatic rings. The van der Waals surface area contributed by atoms with Crippen molar-refractivity contribution in [3.63, 3.8) is 0 Å². The van der Waals surface area contributed by atoms with Gasteiger partial charge in [-0.2, -0.15) is 0 Å². The Labute approximate surface area is 148 Å². The van der Waals surface area contributed by atoms with Crippen molar-refractivity contribution in [2.75, 3.05) is 12.3 Å². The molecule has 126 valence electrons. The fraction of sp³-hybridized carbons (Fsp3) is 0.118. The van der Waals surface area contributed by atoms with E-state index >= 15 is 0 Å². The van der Waals surface area contributed by atoms with Crippen molar-refractivity contribution >= 4 is 38.5 Å². The van der Waals surface area contributed by atoms with E-state index in [1.165, 1.54) is 42.1 Å². The summed E-state index contributed by atoms with van der Waals surface area (Å²) in [5, 5.41) is 3.17. The molecule has 2 aliphatic heterocycles. The van der Waals surface area contributed by atoms with E-state index in [1.54, 1.807) is 12.1 Å². The van der Waals surface area contributed by atoms with E-state index in [9.17, 15) is 18.0 Å². The number of carbonyl (C=O) groups excluding carboxylic acids is 2. The first-order valence-electron chi connectivity index (χ1n) is 7.50. The molecular formula is C17H12N2O4S2. The minimum Gasteiger partial charge on any atom is -0.301 e. The van der Waals surface area contributed by atoms with Crippen LogP contribution in [0.15, 0.2) is 57.2 Å². The van der Waals surface area contributed by atoms with Gasteiger partial charge in [0.1, 0.15) is 0 Å². The average Bonchev–Trinajstić information content (AvgIpc) is 3.12. The predicted octanol–water partition coefficient (Wildman–Crippen LogP) is 1.90. The smallest absolute Gasteiger partial charge is 0.257 e. The molecule has 2 heterocycles. The fourth-order valence-electron chi connectivity index (χ4n) is 2.81. The molecule has 25 heavy (non-hydrogen) atoms. The van der Waals surface area contributed by atoms with Gasteiger partial charge < -0.3 is 5.32 Å². The summed E-state index contributed by atoms with van der Waals surface area (Å²) >= 11 is 1.43. The zero-order valence-electron chi connectivity index (χ0n) is 12.9. The number of aliphatic imine (C=N–C) groups is 1. The van der Waals surface area contributed by atoms with Gasteiger partial charge in [0.05, 0.1) is 16.3 Å². The van der Waals surface area contributed by atoms with Crippen molar-refractivity contribution in [1.82, 2.24) is 5.32 Å². The van der Waals surface area contributed by atoms with Crippen LogP contribution in [0.5, 0.6) is 0 Å². The van der Waals surface area contributed by atoms with Crippen LogP contribution in [0.3, 0.4) is 0 Å². The number of carbonyl (C=O) groups is 2. The summed E-state index contributed by atoms with van der Waals surface area (Å²) in [5.74, 6) is -0.00000706. The summed E-state index contributed by atoms with van der Waals surface area (Å²) in [5.41, 5.74) is 0.413. The van der Waals surface area contributed by atoms with Gasteiger partial charge in [-0.15, -0.1) is 0 Å². The maximum Gasteiger partial charge on any atom is 0.257 e. The van der Waals surface area contributed by atoms with Crippen molar-refractivity contribution < 1.29 is 18.0 Å². The lowest BCUT2D eigenvalue weighted by atomic mass is 10.0. The first-order valence-corrected chi connectivity index (χ1v) is 9.97. The average molecular weight is 372 g/mol. The monoisotopic (exact) mass is 372 g/mol. The lowest BCUT2D eigenvalue weighted by Gasteiger charge is -2.19. The van der Waals surface area contributed by atoms with Gasteiger partial charge in [0.25, 0.3) is 5.91 Å². The number of amidine groups is 1. The second kappa shape index (κ2) is 5.82. The Hall–Kier alpha value is -2.45. The third-order valence-corrected chi connectivity index (χ3v) is 6.75. The highest BCUT2D eigenvalue weighted by atomic mass is 32.2. The fourth-order valence-corrected chi connectivity index (χ4v) is 5.21. The molecule has 8 heteroatoms. The van der Waals surface area contributed by atoms with Crippen LogP contribution in [0.4, 0.5) is 0 Å². The van der Waals surface area contributed by atoms with Gasteiger partial charge in [0, 0.05) is 22.4 Å². The Morgan fingerprint density at radius 3 is 2.60 bits per heavy atom. The SMILES string of the molecule is O=C(NC1=NCCS1)c1ccc2c(c1)S(=O)(=O)c1ccccc1C2=O. The van der Waals surface area contributed by atoms with Crippen molar-refractivity contribution in [2.24, 2.45) is 4.99 Å². The first kappa shape index (κ1) is 16.0. The highest BCUT2D eigenvalue weighted by Crippen LogP contribution is 2.34. The highest BCUT2D eigenvalue weighted by Gasteiger charge is 2.35. The van der Waals surface area contributed by atoms with E-state index in [0.717, 1.165) is 5.75 Å². The summed E-state index contributed by atoms with van der Waals surface area (Å²) in [7, 11) is -3.85. The molecule has 2 aromatic carbocycles.